The number of rotatable bonds is 2. The molecule has 94 valence electrons. The van der Waals surface area contributed by atoms with Crippen LogP contribution in [0.1, 0.15) is 19.8 Å². The van der Waals surface area contributed by atoms with Crippen LogP contribution in [-0.4, -0.2) is 51.3 Å². The van der Waals surface area contributed by atoms with E-state index in [1.54, 1.807) is 0 Å². The van der Waals surface area contributed by atoms with Gasteiger partial charge in [0.2, 0.25) is 11.8 Å². The molecule has 0 aromatic carbocycles. The minimum absolute atomic E-state index is 0.0229. The first-order valence-corrected chi connectivity index (χ1v) is 7.22. The van der Waals surface area contributed by atoms with Gasteiger partial charge in [0.05, 0.1) is 5.75 Å². The average Bonchev–Trinajstić information content (AvgIpc) is 2.61. The fourth-order valence-electron chi connectivity index (χ4n) is 2.19. The highest BCUT2D eigenvalue weighted by Crippen LogP contribution is 2.20. The van der Waals surface area contributed by atoms with Crippen molar-refractivity contribution in [1.29, 1.82) is 0 Å². The average molecular weight is 272 g/mol. The summed E-state index contributed by atoms with van der Waals surface area (Å²) in [5, 5.41) is 0. The summed E-state index contributed by atoms with van der Waals surface area (Å²) >= 11 is 6.40. The summed E-state index contributed by atoms with van der Waals surface area (Å²) < 4.78 is 0.536. The SMILES string of the molecule is CC1CCCN(C(=O)CN2C(=O)CSC2=S)C1. The molecule has 2 amide bonds. The maximum absolute atomic E-state index is 12.1. The molecule has 2 aliphatic heterocycles. The lowest BCUT2D eigenvalue weighted by Gasteiger charge is -2.32. The summed E-state index contributed by atoms with van der Waals surface area (Å²) in [6, 6.07) is 0. The van der Waals surface area contributed by atoms with Crippen molar-refractivity contribution in [3.63, 3.8) is 0 Å². The summed E-state index contributed by atoms with van der Waals surface area (Å²) in [6.45, 7) is 3.89. The van der Waals surface area contributed by atoms with Gasteiger partial charge in [-0.25, -0.2) is 0 Å². The van der Waals surface area contributed by atoms with Gasteiger partial charge in [-0.15, -0.1) is 0 Å². The summed E-state index contributed by atoms with van der Waals surface area (Å²) in [7, 11) is 0. The lowest BCUT2D eigenvalue weighted by Crippen LogP contribution is -2.45. The van der Waals surface area contributed by atoms with Crippen molar-refractivity contribution in [2.24, 2.45) is 5.92 Å². The molecule has 0 aliphatic carbocycles. The number of nitrogens with zero attached hydrogens (tertiary/aromatic N) is 2. The van der Waals surface area contributed by atoms with Gasteiger partial charge in [0, 0.05) is 13.1 Å². The van der Waals surface area contributed by atoms with Crippen molar-refractivity contribution in [3.8, 4) is 0 Å². The summed E-state index contributed by atoms with van der Waals surface area (Å²) in [4.78, 5) is 26.9. The van der Waals surface area contributed by atoms with Gasteiger partial charge >= 0.3 is 0 Å². The number of hydrogen-bond acceptors (Lipinski definition) is 4. The summed E-state index contributed by atoms with van der Waals surface area (Å²) in [5.41, 5.74) is 0. The predicted molar refractivity (Wildman–Crippen MR) is 71.7 cm³/mol. The van der Waals surface area contributed by atoms with Crippen LogP contribution in [0.2, 0.25) is 0 Å². The Bertz CT molecular complexity index is 343. The number of amides is 2. The minimum Gasteiger partial charge on any atom is -0.341 e. The molecule has 4 nitrogen and oxygen atoms in total. The molecule has 17 heavy (non-hydrogen) atoms. The first-order valence-electron chi connectivity index (χ1n) is 5.83. The molecule has 0 spiro atoms. The highest BCUT2D eigenvalue weighted by Gasteiger charge is 2.30. The Morgan fingerprint density at radius 1 is 1.59 bits per heavy atom. The third-order valence-corrected chi connectivity index (χ3v) is 4.58. The first-order chi connectivity index (χ1) is 8.08. The fraction of sp³-hybridized carbons (Fsp3) is 0.727. The van der Waals surface area contributed by atoms with Crippen LogP contribution in [0.15, 0.2) is 0 Å². The van der Waals surface area contributed by atoms with E-state index in [4.69, 9.17) is 12.2 Å². The van der Waals surface area contributed by atoms with Crippen molar-refractivity contribution in [2.75, 3.05) is 25.4 Å². The zero-order valence-electron chi connectivity index (χ0n) is 9.85. The Kier molecular flexibility index (Phi) is 4.04. The van der Waals surface area contributed by atoms with E-state index in [0.717, 1.165) is 19.5 Å². The monoisotopic (exact) mass is 272 g/mol. The molecule has 0 N–H and O–H groups in total. The molecule has 0 saturated carbocycles. The van der Waals surface area contributed by atoms with Crippen molar-refractivity contribution in [1.82, 2.24) is 9.80 Å². The van der Waals surface area contributed by atoms with Gasteiger partial charge in [0.25, 0.3) is 0 Å². The van der Waals surface area contributed by atoms with Crippen LogP contribution in [0.25, 0.3) is 0 Å². The quantitative estimate of drug-likeness (QED) is 0.706. The second kappa shape index (κ2) is 5.35. The lowest BCUT2D eigenvalue weighted by molar-refractivity contribution is -0.137. The summed E-state index contributed by atoms with van der Waals surface area (Å²) in [6.07, 6.45) is 2.24. The standard InChI is InChI=1S/C11H16N2O2S2/c1-8-3-2-4-12(5-8)9(14)6-13-10(15)7-17-11(13)16/h8H,2-7H2,1H3. The highest BCUT2D eigenvalue weighted by atomic mass is 32.2. The van der Waals surface area contributed by atoms with Gasteiger partial charge in [-0.1, -0.05) is 30.9 Å². The van der Waals surface area contributed by atoms with E-state index >= 15 is 0 Å². The second-order valence-electron chi connectivity index (χ2n) is 4.62. The fourth-order valence-corrected chi connectivity index (χ4v) is 3.25. The van der Waals surface area contributed by atoms with Gasteiger partial charge in [-0.3, -0.25) is 14.5 Å². The van der Waals surface area contributed by atoms with Gasteiger partial charge in [-0.05, 0) is 18.8 Å². The second-order valence-corrected chi connectivity index (χ2v) is 6.23. The molecule has 1 unspecified atom stereocenters. The van der Waals surface area contributed by atoms with Crippen molar-refractivity contribution in [3.05, 3.63) is 0 Å². The normalized spacial score (nSPS) is 25.6. The van der Waals surface area contributed by atoms with E-state index in [-0.39, 0.29) is 18.4 Å². The third kappa shape index (κ3) is 2.98. The Hall–Kier alpha value is -0.620. The maximum Gasteiger partial charge on any atom is 0.242 e. The number of thiocarbonyl (C=S) groups is 1. The molecule has 2 fully saturated rings. The zero-order valence-corrected chi connectivity index (χ0v) is 11.5. The summed E-state index contributed by atoms with van der Waals surface area (Å²) in [5.74, 6) is 0.916. The number of likely N-dealkylation sites (tertiary alicyclic amines) is 1. The van der Waals surface area contributed by atoms with Crippen LogP contribution in [0.4, 0.5) is 0 Å². The molecule has 1 atom stereocenters. The van der Waals surface area contributed by atoms with Crippen LogP contribution in [0.5, 0.6) is 0 Å². The molecular formula is C11H16N2O2S2. The van der Waals surface area contributed by atoms with Crippen LogP contribution < -0.4 is 0 Å². The number of hydrogen-bond donors (Lipinski definition) is 0. The lowest BCUT2D eigenvalue weighted by atomic mass is 10.0. The molecular weight excluding hydrogens is 256 g/mol. The molecule has 2 aliphatic rings. The smallest absolute Gasteiger partial charge is 0.242 e. The predicted octanol–water partition coefficient (Wildman–Crippen LogP) is 1.11. The Balaban J connectivity index is 1.92. The Morgan fingerprint density at radius 3 is 2.94 bits per heavy atom. The molecule has 0 aromatic rings. The topological polar surface area (TPSA) is 40.6 Å². The molecule has 2 heterocycles. The maximum atomic E-state index is 12.1. The highest BCUT2D eigenvalue weighted by molar-refractivity contribution is 8.23. The van der Waals surface area contributed by atoms with Crippen molar-refractivity contribution in [2.45, 2.75) is 19.8 Å². The van der Waals surface area contributed by atoms with Gasteiger partial charge in [0.15, 0.2) is 0 Å². The van der Waals surface area contributed by atoms with E-state index in [0.29, 0.717) is 16.0 Å². The number of thioether (sulfide) groups is 1. The largest absolute Gasteiger partial charge is 0.341 e. The van der Waals surface area contributed by atoms with Crippen molar-refractivity contribution < 1.29 is 9.59 Å². The minimum atomic E-state index is -0.0431. The molecule has 0 radical (unpaired) electrons. The molecule has 2 rings (SSSR count). The van der Waals surface area contributed by atoms with Crippen LogP contribution in [0, 0.1) is 5.92 Å². The van der Waals surface area contributed by atoms with Gasteiger partial charge < -0.3 is 4.90 Å². The Morgan fingerprint density at radius 2 is 2.35 bits per heavy atom. The van der Waals surface area contributed by atoms with Gasteiger partial charge in [0.1, 0.15) is 10.9 Å². The van der Waals surface area contributed by atoms with E-state index in [2.05, 4.69) is 6.92 Å². The molecule has 2 saturated heterocycles. The van der Waals surface area contributed by atoms with E-state index in [9.17, 15) is 9.59 Å². The van der Waals surface area contributed by atoms with E-state index in [1.807, 2.05) is 4.90 Å². The number of carbonyl (C=O) groups is 2. The van der Waals surface area contributed by atoms with Gasteiger partial charge in [-0.2, -0.15) is 0 Å². The van der Waals surface area contributed by atoms with Crippen LogP contribution >= 0.6 is 24.0 Å². The molecule has 0 aromatic heterocycles. The van der Waals surface area contributed by atoms with Crippen LogP contribution in [0.3, 0.4) is 0 Å². The Labute approximate surface area is 111 Å². The molecule has 0 bridgehead atoms. The third-order valence-electron chi connectivity index (χ3n) is 3.14. The zero-order chi connectivity index (χ0) is 12.4. The number of carbonyl (C=O) groups excluding carboxylic acids is 2. The first kappa shape index (κ1) is 12.8. The number of piperidine rings is 1. The van der Waals surface area contributed by atoms with Crippen molar-refractivity contribution >= 4 is 40.1 Å². The van der Waals surface area contributed by atoms with E-state index < -0.39 is 0 Å². The molecule has 6 heteroatoms. The van der Waals surface area contributed by atoms with E-state index in [1.165, 1.54) is 23.1 Å². The van der Waals surface area contributed by atoms with Crippen LogP contribution in [-0.2, 0) is 9.59 Å².